The summed E-state index contributed by atoms with van der Waals surface area (Å²) in [6, 6.07) is 0. The molecule has 1 N–H and O–H groups in total. The number of hydrogen-bond acceptors (Lipinski definition) is 4. The highest BCUT2D eigenvalue weighted by Gasteiger charge is 2.13. The van der Waals surface area contributed by atoms with Crippen LogP contribution in [0.25, 0.3) is 0 Å². The van der Waals surface area contributed by atoms with Gasteiger partial charge in [0.1, 0.15) is 0 Å². The number of hydrogen-bond donors (Lipinski definition) is 1. The lowest BCUT2D eigenvalue weighted by Gasteiger charge is -2.19. The van der Waals surface area contributed by atoms with E-state index in [4.69, 9.17) is 0 Å². The number of aromatic nitrogens is 2. The number of nitrogens with zero attached hydrogens (tertiary/aromatic N) is 2. The molecule has 0 aliphatic heterocycles. The van der Waals surface area contributed by atoms with Crippen LogP contribution in [0.15, 0.2) is 9.95 Å². The third-order valence-corrected chi connectivity index (χ3v) is 3.63. The molecular weight excluding hydrogens is 274 g/mol. The average Bonchev–Trinajstić information content (AvgIpc) is 2.36. The molecule has 5 nitrogen and oxygen atoms in total. The monoisotopic (exact) mass is 297 g/mol. The maximum Gasteiger partial charge on any atom is 0.254 e. The average molecular weight is 297 g/mol. The van der Waals surface area contributed by atoms with Crippen LogP contribution in [0.3, 0.4) is 0 Å². The van der Waals surface area contributed by atoms with Gasteiger partial charge in [-0.1, -0.05) is 25.6 Å². The minimum Gasteiger partial charge on any atom is -0.345 e. The first-order chi connectivity index (χ1) is 9.35. The van der Waals surface area contributed by atoms with E-state index in [1.165, 1.54) is 11.8 Å². The van der Waals surface area contributed by atoms with Gasteiger partial charge in [0.25, 0.3) is 5.56 Å². The van der Waals surface area contributed by atoms with Crippen LogP contribution in [-0.2, 0) is 11.2 Å². The Kier molecular flexibility index (Phi) is 6.26. The van der Waals surface area contributed by atoms with Crippen LogP contribution < -0.4 is 5.56 Å². The highest BCUT2D eigenvalue weighted by molar-refractivity contribution is 7.98. The number of H-pyrrole nitrogens is 1. The van der Waals surface area contributed by atoms with Gasteiger partial charge < -0.3 is 9.88 Å². The Morgan fingerprint density at radius 3 is 2.60 bits per heavy atom. The second-order valence-electron chi connectivity index (χ2n) is 5.31. The molecule has 0 saturated heterocycles. The van der Waals surface area contributed by atoms with Gasteiger partial charge in [0.2, 0.25) is 5.91 Å². The van der Waals surface area contributed by atoms with E-state index in [2.05, 4.69) is 23.8 Å². The summed E-state index contributed by atoms with van der Waals surface area (Å²) in [6.07, 6.45) is 2.64. The van der Waals surface area contributed by atoms with E-state index >= 15 is 0 Å². The Bertz CT molecular complexity index is 526. The predicted molar refractivity (Wildman–Crippen MR) is 82.2 cm³/mol. The Balaban J connectivity index is 2.71. The largest absolute Gasteiger partial charge is 0.345 e. The molecule has 0 spiro atoms. The van der Waals surface area contributed by atoms with Crippen LogP contribution in [0, 0.1) is 12.8 Å². The van der Waals surface area contributed by atoms with Gasteiger partial charge in [0, 0.05) is 31.3 Å². The first-order valence-electron chi connectivity index (χ1n) is 6.72. The van der Waals surface area contributed by atoms with Crippen molar-refractivity contribution >= 4 is 17.7 Å². The van der Waals surface area contributed by atoms with Crippen molar-refractivity contribution in [3.05, 3.63) is 21.6 Å². The molecule has 0 radical (unpaired) electrons. The van der Waals surface area contributed by atoms with Gasteiger partial charge in [-0.3, -0.25) is 9.59 Å². The molecule has 0 atom stereocenters. The Hall–Kier alpha value is -1.30. The zero-order valence-electron chi connectivity index (χ0n) is 12.8. The summed E-state index contributed by atoms with van der Waals surface area (Å²) in [5.74, 6) is 0.503. The van der Waals surface area contributed by atoms with Crippen molar-refractivity contribution in [3.8, 4) is 0 Å². The maximum absolute atomic E-state index is 12.0. The van der Waals surface area contributed by atoms with Gasteiger partial charge in [0.15, 0.2) is 5.16 Å². The van der Waals surface area contributed by atoms with Crippen molar-refractivity contribution in [1.29, 1.82) is 0 Å². The molecule has 0 unspecified atom stereocenters. The third-order valence-electron chi connectivity index (χ3n) is 3.05. The molecule has 0 saturated carbocycles. The van der Waals surface area contributed by atoms with Gasteiger partial charge in [0.05, 0.1) is 0 Å². The molecule has 0 fully saturated rings. The fraction of sp³-hybridized carbons (Fsp3) is 0.643. The molecule has 1 amide bonds. The quantitative estimate of drug-likeness (QED) is 0.643. The molecule has 0 aliphatic rings. The molecule has 112 valence electrons. The second-order valence-corrected chi connectivity index (χ2v) is 6.10. The summed E-state index contributed by atoms with van der Waals surface area (Å²) in [7, 11) is 1.80. The molecule has 0 bridgehead atoms. The van der Waals surface area contributed by atoms with Gasteiger partial charge >= 0.3 is 0 Å². The van der Waals surface area contributed by atoms with Crippen molar-refractivity contribution in [2.75, 3.05) is 19.8 Å². The van der Waals surface area contributed by atoms with Crippen molar-refractivity contribution < 1.29 is 4.79 Å². The number of thioether (sulfide) groups is 1. The van der Waals surface area contributed by atoms with Crippen LogP contribution in [0.5, 0.6) is 0 Å². The molecule has 6 heteroatoms. The van der Waals surface area contributed by atoms with E-state index in [9.17, 15) is 9.59 Å². The van der Waals surface area contributed by atoms with Crippen LogP contribution in [-0.4, -0.2) is 40.6 Å². The van der Waals surface area contributed by atoms with Gasteiger partial charge in [-0.05, 0) is 25.5 Å². The zero-order valence-corrected chi connectivity index (χ0v) is 13.6. The Morgan fingerprint density at radius 1 is 1.45 bits per heavy atom. The second kappa shape index (κ2) is 7.47. The SMILES string of the molecule is CSc1nc(C)c(CCC(=O)N(C)CC(C)C)c(=O)[nH]1. The lowest BCUT2D eigenvalue weighted by Crippen LogP contribution is -2.31. The van der Waals surface area contributed by atoms with Crippen molar-refractivity contribution in [2.45, 2.75) is 38.8 Å². The van der Waals surface area contributed by atoms with Gasteiger partial charge in [-0.25, -0.2) is 4.98 Å². The number of nitrogens with one attached hydrogen (secondary N) is 1. The summed E-state index contributed by atoms with van der Waals surface area (Å²) < 4.78 is 0. The van der Waals surface area contributed by atoms with E-state index in [-0.39, 0.29) is 11.5 Å². The van der Waals surface area contributed by atoms with Crippen molar-refractivity contribution in [3.63, 3.8) is 0 Å². The lowest BCUT2D eigenvalue weighted by atomic mass is 10.1. The summed E-state index contributed by atoms with van der Waals surface area (Å²) in [5.41, 5.74) is 1.17. The number of rotatable bonds is 6. The normalized spacial score (nSPS) is 10.9. The summed E-state index contributed by atoms with van der Waals surface area (Å²) in [4.78, 5) is 32.7. The smallest absolute Gasteiger partial charge is 0.254 e. The number of carbonyl (C=O) groups is 1. The topological polar surface area (TPSA) is 66.1 Å². The van der Waals surface area contributed by atoms with Crippen LogP contribution >= 0.6 is 11.8 Å². The van der Waals surface area contributed by atoms with E-state index in [1.54, 1.807) is 11.9 Å². The minimum atomic E-state index is -0.138. The fourth-order valence-corrected chi connectivity index (χ4v) is 2.47. The zero-order chi connectivity index (χ0) is 15.3. The molecule has 1 rings (SSSR count). The Labute approximate surface area is 124 Å². The highest BCUT2D eigenvalue weighted by Crippen LogP contribution is 2.10. The fourth-order valence-electron chi connectivity index (χ4n) is 2.05. The van der Waals surface area contributed by atoms with E-state index in [0.717, 1.165) is 6.54 Å². The van der Waals surface area contributed by atoms with Crippen LogP contribution in [0.4, 0.5) is 0 Å². The number of amides is 1. The molecule has 20 heavy (non-hydrogen) atoms. The number of aromatic amines is 1. The summed E-state index contributed by atoms with van der Waals surface area (Å²) >= 11 is 1.40. The number of aryl methyl sites for hydroxylation is 1. The summed E-state index contributed by atoms with van der Waals surface area (Å²) in [6.45, 7) is 6.69. The molecule has 1 aromatic rings. The highest BCUT2D eigenvalue weighted by atomic mass is 32.2. The molecular formula is C14H23N3O2S. The third kappa shape index (κ3) is 4.67. The minimum absolute atomic E-state index is 0.0615. The lowest BCUT2D eigenvalue weighted by molar-refractivity contribution is -0.130. The first kappa shape index (κ1) is 16.8. The van der Waals surface area contributed by atoms with Gasteiger partial charge in [-0.15, -0.1) is 0 Å². The molecule has 0 aromatic carbocycles. The predicted octanol–water partition coefficient (Wildman–Crippen LogP) is 1.85. The standard InChI is InChI=1S/C14H23N3O2S/c1-9(2)8-17(4)12(18)7-6-11-10(3)15-14(20-5)16-13(11)19/h9H,6-8H2,1-5H3,(H,15,16,19). The molecule has 1 heterocycles. The van der Waals surface area contributed by atoms with Crippen molar-refractivity contribution in [2.24, 2.45) is 5.92 Å². The first-order valence-corrected chi connectivity index (χ1v) is 7.95. The molecule has 0 aliphatic carbocycles. The number of carbonyl (C=O) groups excluding carboxylic acids is 1. The van der Waals surface area contributed by atoms with Crippen molar-refractivity contribution in [1.82, 2.24) is 14.9 Å². The van der Waals surface area contributed by atoms with Crippen LogP contribution in [0.1, 0.15) is 31.5 Å². The maximum atomic E-state index is 12.0. The summed E-state index contributed by atoms with van der Waals surface area (Å²) in [5, 5.41) is 0.611. The Morgan fingerprint density at radius 2 is 2.10 bits per heavy atom. The molecule has 1 aromatic heterocycles. The van der Waals surface area contributed by atoms with Crippen LogP contribution in [0.2, 0.25) is 0 Å². The van der Waals surface area contributed by atoms with E-state index in [0.29, 0.717) is 35.2 Å². The van der Waals surface area contributed by atoms with E-state index in [1.807, 2.05) is 13.2 Å². The van der Waals surface area contributed by atoms with Gasteiger partial charge in [-0.2, -0.15) is 0 Å². The van der Waals surface area contributed by atoms with E-state index < -0.39 is 0 Å².